The van der Waals surface area contributed by atoms with Crippen molar-refractivity contribution in [2.24, 2.45) is 0 Å². The summed E-state index contributed by atoms with van der Waals surface area (Å²) in [6.07, 6.45) is 1.93. The first-order valence-corrected chi connectivity index (χ1v) is 4.04. The van der Waals surface area contributed by atoms with Gasteiger partial charge in [0, 0.05) is 24.3 Å². The molecule has 0 radical (unpaired) electrons. The number of carbonyl (C=O) groups excluding carboxylic acids is 1. The molecule has 2 rings (SSSR count). The fourth-order valence-electron chi connectivity index (χ4n) is 1.27. The van der Waals surface area contributed by atoms with Gasteiger partial charge in [-0.15, -0.1) is 0 Å². The number of nitrogens with zero attached hydrogens (tertiary/aromatic N) is 2. The molecule has 0 spiro atoms. The summed E-state index contributed by atoms with van der Waals surface area (Å²) in [4.78, 5) is 11.1. The van der Waals surface area contributed by atoms with Gasteiger partial charge in [-0.25, -0.2) is 0 Å². The quantitative estimate of drug-likeness (QED) is 0.666. The molecule has 1 aliphatic heterocycles. The molecule has 4 nitrogen and oxygen atoms in total. The first-order chi connectivity index (χ1) is 5.68. The van der Waals surface area contributed by atoms with Crippen LogP contribution in [0.2, 0.25) is 0 Å². The van der Waals surface area contributed by atoms with Crippen LogP contribution in [0.1, 0.15) is 35.9 Å². The van der Waals surface area contributed by atoms with E-state index in [9.17, 15) is 4.79 Å². The molecule has 0 atom stereocenters. The highest BCUT2D eigenvalue weighted by Gasteiger charge is 2.23. The third-order valence-corrected chi connectivity index (χ3v) is 1.99. The van der Waals surface area contributed by atoms with Gasteiger partial charge >= 0.3 is 0 Å². The van der Waals surface area contributed by atoms with Crippen molar-refractivity contribution in [2.75, 3.05) is 0 Å². The van der Waals surface area contributed by atoms with E-state index in [1.54, 1.807) is 0 Å². The highest BCUT2D eigenvalue weighted by atomic mass is 16.2. The van der Waals surface area contributed by atoms with Gasteiger partial charge in [-0.2, -0.15) is 5.10 Å². The molecule has 1 N–H and O–H groups in total. The lowest BCUT2D eigenvalue weighted by Crippen LogP contribution is -2.15. The van der Waals surface area contributed by atoms with Gasteiger partial charge < -0.3 is 5.32 Å². The standard InChI is InChI=1S/C8H11N3O/c1-5(2)11-4-6-3-9-8(12)7(6)10-11/h4-5H,3H2,1-2H3,(H,9,12). The van der Waals surface area contributed by atoms with Gasteiger partial charge in [0.05, 0.1) is 0 Å². The Morgan fingerprint density at radius 1 is 1.67 bits per heavy atom. The average molecular weight is 165 g/mol. The summed E-state index contributed by atoms with van der Waals surface area (Å²) >= 11 is 0. The molecule has 0 saturated carbocycles. The Bertz CT molecular complexity index is 327. The molecular weight excluding hydrogens is 154 g/mol. The second-order valence-corrected chi connectivity index (χ2v) is 3.26. The zero-order chi connectivity index (χ0) is 8.72. The van der Waals surface area contributed by atoms with Crippen LogP contribution in [0.25, 0.3) is 0 Å². The summed E-state index contributed by atoms with van der Waals surface area (Å²) in [6, 6.07) is 0.323. The summed E-state index contributed by atoms with van der Waals surface area (Å²) in [5, 5.41) is 6.89. The fourth-order valence-corrected chi connectivity index (χ4v) is 1.27. The Morgan fingerprint density at radius 3 is 3.00 bits per heavy atom. The highest BCUT2D eigenvalue weighted by molar-refractivity contribution is 5.96. The number of aromatic nitrogens is 2. The molecule has 4 heteroatoms. The SMILES string of the molecule is CC(C)n1cc2c(n1)C(=O)NC2. The summed E-state index contributed by atoms with van der Waals surface area (Å²) in [5.74, 6) is -0.0515. The summed E-state index contributed by atoms with van der Waals surface area (Å²) in [5.41, 5.74) is 1.59. The third-order valence-electron chi connectivity index (χ3n) is 1.99. The predicted octanol–water partition coefficient (Wildman–Crippen LogP) is 0.707. The summed E-state index contributed by atoms with van der Waals surface area (Å²) < 4.78 is 1.82. The lowest BCUT2D eigenvalue weighted by atomic mass is 10.3. The fraction of sp³-hybridized carbons (Fsp3) is 0.500. The largest absolute Gasteiger partial charge is 0.346 e. The van der Waals surface area contributed by atoms with Crippen molar-refractivity contribution < 1.29 is 4.79 Å². The number of carbonyl (C=O) groups is 1. The van der Waals surface area contributed by atoms with Crippen LogP contribution in [0.15, 0.2) is 6.20 Å². The Balaban J connectivity index is 2.43. The monoisotopic (exact) mass is 165 g/mol. The Hall–Kier alpha value is -1.32. The number of fused-ring (bicyclic) bond motifs is 1. The molecule has 1 amide bonds. The average Bonchev–Trinajstić information content (AvgIpc) is 2.53. The van der Waals surface area contributed by atoms with E-state index in [1.807, 2.05) is 24.7 Å². The lowest BCUT2D eigenvalue weighted by molar-refractivity contribution is 0.0959. The number of hydrogen-bond acceptors (Lipinski definition) is 2. The van der Waals surface area contributed by atoms with E-state index in [0.717, 1.165) is 5.56 Å². The van der Waals surface area contributed by atoms with E-state index in [0.29, 0.717) is 18.3 Å². The van der Waals surface area contributed by atoms with Crippen LogP contribution in [0.4, 0.5) is 0 Å². The number of rotatable bonds is 1. The van der Waals surface area contributed by atoms with Crippen LogP contribution in [-0.4, -0.2) is 15.7 Å². The molecule has 1 aliphatic rings. The first kappa shape index (κ1) is 7.34. The number of nitrogens with one attached hydrogen (secondary N) is 1. The van der Waals surface area contributed by atoms with Gasteiger partial charge in [-0.3, -0.25) is 9.48 Å². The van der Waals surface area contributed by atoms with Crippen molar-refractivity contribution in [3.05, 3.63) is 17.5 Å². The van der Waals surface area contributed by atoms with E-state index in [-0.39, 0.29) is 5.91 Å². The molecular formula is C8H11N3O. The number of hydrogen-bond donors (Lipinski definition) is 1. The molecule has 12 heavy (non-hydrogen) atoms. The maximum absolute atomic E-state index is 11.1. The van der Waals surface area contributed by atoms with Crippen LogP contribution < -0.4 is 5.32 Å². The first-order valence-electron chi connectivity index (χ1n) is 4.04. The van der Waals surface area contributed by atoms with Gasteiger partial charge in [-0.1, -0.05) is 0 Å². The second-order valence-electron chi connectivity index (χ2n) is 3.26. The zero-order valence-electron chi connectivity index (χ0n) is 7.16. The smallest absolute Gasteiger partial charge is 0.272 e. The molecule has 0 saturated heterocycles. The maximum atomic E-state index is 11.1. The van der Waals surface area contributed by atoms with Crippen molar-refractivity contribution in [3.63, 3.8) is 0 Å². The molecule has 0 aliphatic carbocycles. The number of amides is 1. The van der Waals surface area contributed by atoms with Crippen molar-refractivity contribution in [3.8, 4) is 0 Å². The minimum absolute atomic E-state index is 0.0515. The van der Waals surface area contributed by atoms with Crippen molar-refractivity contribution in [1.82, 2.24) is 15.1 Å². The van der Waals surface area contributed by atoms with E-state index in [2.05, 4.69) is 10.4 Å². The highest BCUT2D eigenvalue weighted by Crippen LogP contribution is 2.15. The van der Waals surface area contributed by atoms with Crippen LogP contribution >= 0.6 is 0 Å². The van der Waals surface area contributed by atoms with Crippen LogP contribution in [0.5, 0.6) is 0 Å². The van der Waals surface area contributed by atoms with Crippen LogP contribution in [0.3, 0.4) is 0 Å². The van der Waals surface area contributed by atoms with Gasteiger partial charge in [0.25, 0.3) is 5.91 Å². The van der Waals surface area contributed by atoms with Crippen LogP contribution in [-0.2, 0) is 6.54 Å². The molecule has 0 unspecified atom stereocenters. The van der Waals surface area contributed by atoms with Crippen LogP contribution in [0, 0.1) is 0 Å². The van der Waals surface area contributed by atoms with E-state index in [1.165, 1.54) is 0 Å². The molecule has 64 valence electrons. The van der Waals surface area contributed by atoms with E-state index < -0.39 is 0 Å². The minimum atomic E-state index is -0.0515. The Kier molecular flexibility index (Phi) is 1.43. The molecule has 0 fully saturated rings. The van der Waals surface area contributed by atoms with Crippen molar-refractivity contribution in [2.45, 2.75) is 26.4 Å². The Labute approximate surface area is 70.6 Å². The molecule has 2 heterocycles. The van der Waals surface area contributed by atoms with Crippen molar-refractivity contribution in [1.29, 1.82) is 0 Å². The molecule has 1 aromatic rings. The van der Waals surface area contributed by atoms with Gasteiger partial charge in [0.1, 0.15) is 0 Å². The topological polar surface area (TPSA) is 46.9 Å². The third kappa shape index (κ3) is 0.913. The van der Waals surface area contributed by atoms with E-state index >= 15 is 0 Å². The van der Waals surface area contributed by atoms with Gasteiger partial charge in [-0.05, 0) is 13.8 Å². The van der Waals surface area contributed by atoms with Gasteiger partial charge in [0.2, 0.25) is 0 Å². The van der Waals surface area contributed by atoms with Gasteiger partial charge in [0.15, 0.2) is 5.69 Å². The molecule has 1 aromatic heterocycles. The molecule has 0 bridgehead atoms. The normalized spacial score (nSPS) is 15.1. The molecule has 0 aromatic carbocycles. The van der Waals surface area contributed by atoms with Crippen molar-refractivity contribution >= 4 is 5.91 Å². The summed E-state index contributed by atoms with van der Waals surface area (Å²) in [6.45, 7) is 4.71. The Morgan fingerprint density at radius 2 is 2.42 bits per heavy atom. The summed E-state index contributed by atoms with van der Waals surface area (Å²) in [7, 11) is 0. The second kappa shape index (κ2) is 2.33. The zero-order valence-corrected chi connectivity index (χ0v) is 7.16. The lowest BCUT2D eigenvalue weighted by Gasteiger charge is -2.03. The maximum Gasteiger partial charge on any atom is 0.272 e. The minimum Gasteiger partial charge on any atom is -0.346 e. The van der Waals surface area contributed by atoms with E-state index in [4.69, 9.17) is 0 Å². The predicted molar refractivity (Wildman–Crippen MR) is 43.8 cm³/mol.